The smallest absolute Gasteiger partial charge is 0.136 e. The number of furan rings is 1. The Hall–Kier alpha value is -6.38. The maximum absolute atomic E-state index is 6.51. The Morgan fingerprint density at radius 1 is 0.491 bits per heavy atom. The standard InChI is InChI=1S/C53H43NO/c1-52(2,3)36-27-31-46(42(32-36)34-16-7-6-8-17-34)54(37-28-29-45-43(33-37)39-20-11-13-23-44(39)53(45,4)5)47-30-26-35-18-9-10-19-38(35)50(47)41-22-15-25-49-51(41)40-21-12-14-24-48(40)55-49/h6-33H,1-5H3. The Balaban J connectivity index is 1.34. The first-order chi connectivity index (χ1) is 26.7. The lowest BCUT2D eigenvalue weighted by atomic mass is 9.82. The first-order valence-corrected chi connectivity index (χ1v) is 19.4. The summed E-state index contributed by atoms with van der Waals surface area (Å²) in [5, 5.41) is 4.64. The molecule has 9 aromatic rings. The van der Waals surface area contributed by atoms with E-state index in [4.69, 9.17) is 4.42 Å². The summed E-state index contributed by atoms with van der Waals surface area (Å²) in [4.78, 5) is 2.52. The molecule has 1 heterocycles. The van der Waals surface area contributed by atoms with E-state index in [1.54, 1.807) is 0 Å². The van der Waals surface area contributed by atoms with Crippen molar-refractivity contribution in [2.75, 3.05) is 4.90 Å². The number of rotatable bonds is 5. The van der Waals surface area contributed by atoms with Gasteiger partial charge in [-0.25, -0.2) is 0 Å². The third-order valence-corrected chi connectivity index (χ3v) is 11.8. The SMILES string of the molecule is CC(C)(C)c1ccc(N(c2ccc3c(c2)-c2ccccc2C3(C)C)c2ccc3ccccc3c2-c2cccc3oc4ccccc4c23)c(-c2ccccc2)c1. The Morgan fingerprint density at radius 3 is 2.00 bits per heavy atom. The fourth-order valence-electron chi connectivity index (χ4n) is 9.01. The molecule has 10 rings (SSSR count). The number of benzene rings is 8. The maximum atomic E-state index is 6.51. The summed E-state index contributed by atoms with van der Waals surface area (Å²) in [7, 11) is 0. The summed E-state index contributed by atoms with van der Waals surface area (Å²) < 4.78 is 6.51. The molecule has 1 aliphatic carbocycles. The molecule has 2 heteroatoms. The third kappa shape index (κ3) is 5.23. The van der Waals surface area contributed by atoms with E-state index in [0.717, 1.165) is 44.6 Å². The lowest BCUT2D eigenvalue weighted by Crippen LogP contribution is -2.17. The van der Waals surface area contributed by atoms with E-state index >= 15 is 0 Å². The van der Waals surface area contributed by atoms with Gasteiger partial charge in [0.05, 0.1) is 11.4 Å². The van der Waals surface area contributed by atoms with Crippen LogP contribution < -0.4 is 4.90 Å². The predicted octanol–water partition coefficient (Wildman–Crippen LogP) is 15.1. The molecule has 266 valence electrons. The van der Waals surface area contributed by atoms with Crippen molar-refractivity contribution >= 4 is 49.8 Å². The molecular formula is C53H43NO. The number of nitrogens with zero attached hydrogens (tertiary/aromatic N) is 1. The second kappa shape index (κ2) is 12.3. The van der Waals surface area contributed by atoms with Crippen LogP contribution >= 0.6 is 0 Å². The monoisotopic (exact) mass is 709 g/mol. The molecule has 0 radical (unpaired) electrons. The Bertz CT molecular complexity index is 2940. The van der Waals surface area contributed by atoms with E-state index in [-0.39, 0.29) is 10.8 Å². The van der Waals surface area contributed by atoms with Crippen LogP contribution in [0.2, 0.25) is 0 Å². The van der Waals surface area contributed by atoms with Crippen LogP contribution in [-0.4, -0.2) is 0 Å². The van der Waals surface area contributed by atoms with Gasteiger partial charge in [-0.2, -0.15) is 0 Å². The van der Waals surface area contributed by atoms with Crippen molar-refractivity contribution < 1.29 is 4.42 Å². The van der Waals surface area contributed by atoms with E-state index < -0.39 is 0 Å². The summed E-state index contributed by atoms with van der Waals surface area (Å²) in [6.07, 6.45) is 0. The van der Waals surface area contributed by atoms with Crippen molar-refractivity contribution in [3.63, 3.8) is 0 Å². The normalized spacial score (nSPS) is 13.3. The molecule has 1 aromatic heterocycles. The molecule has 0 saturated heterocycles. The van der Waals surface area contributed by atoms with Crippen LogP contribution in [-0.2, 0) is 10.8 Å². The second-order valence-corrected chi connectivity index (χ2v) is 16.5. The molecule has 0 bridgehead atoms. The molecule has 0 amide bonds. The van der Waals surface area contributed by atoms with Gasteiger partial charge in [-0.15, -0.1) is 0 Å². The zero-order valence-corrected chi connectivity index (χ0v) is 32.0. The minimum atomic E-state index is -0.0923. The van der Waals surface area contributed by atoms with Crippen LogP contribution in [0.15, 0.2) is 174 Å². The summed E-state index contributed by atoms with van der Waals surface area (Å²) >= 11 is 0. The first-order valence-electron chi connectivity index (χ1n) is 19.4. The summed E-state index contributed by atoms with van der Waals surface area (Å²) in [5.41, 5.74) is 16.4. The van der Waals surface area contributed by atoms with Crippen molar-refractivity contribution in [1.29, 1.82) is 0 Å². The van der Waals surface area contributed by atoms with E-state index in [9.17, 15) is 0 Å². The van der Waals surface area contributed by atoms with Crippen LogP contribution in [0.4, 0.5) is 17.1 Å². The van der Waals surface area contributed by atoms with Crippen LogP contribution in [0.25, 0.3) is 66.1 Å². The summed E-state index contributed by atoms with van der Waals surface area (Å²) in [6.45, 7) is 11.6. The van der Waals surface area contributed by atoms with Crippen LogP contribution in [0.1, 0.15) is 51.3 Å². The molecule has 0 aliphatic heterocycles. The zero-order chi connectivity index (χ0) is 37.5. The van der Waals surface area contributed by atoms with Gasteiger partial charge in [0.1, 0.15) is 11.2 Å². The average Bonchev–Trinajstić information content (AvgIpc) is 3.70. The number of fused-ring (bicyclic) bond motifs is 7. The van der Waals surface area contributed by atoms with Gasteiger partial charge in [-0.1, -0.05) is 162 Å². The van der Waals surface area contributed by atoms with Crippen molar-refractivity contribution in [3.05, 3.63) is 187 Å². The van der Waals surface area contributed by atoms with Gasteiger partial charge < -0.3 is 9.32 Å². The van der Waals surface area contributed by atoms with Crippen LogP contribution in [0, 0.1) is 0 Å². The molecule has 1 aliphatic rings. The number of hydrogen-bond donors (Lipinski definition) is 0. The highest BCUT2D eigenvalue weighted by Crippen LogP contribution is 2.53. The van der Waals surface area contributed by atoms with Crippen molar-refractivity contribution in [2.45, 2.75) is 45.4 Å². The Kier molecular flexibility index (Phi) is 7.44. The minimum absolute atomic E-state index is 0.0259. The molecule has 0 saturated carbocycles. The molecule has 55 heavy (non-hydrogen) atoms. The van der Waals surface area contributed by atoms with E-state index in [1.165, 1.54) is 55.3 Å². The summed E-state index contributed by atoms with van der Waals surface area (Å²) in [6, 6.07) is 62.4. The van der Waals surface area contributed by atoms with Gasteiger partial charge in [0, 0.05) is 33.0 Å². The molecule has 0 spiro atoms. The second-order valence-electron chi connectivity index (χ2n) is 16.5. The largest absolute Gasteiger partial charge is 0.456 e. The van der Waals surface area contributed by atoms with E-state index in [2.05, 4.69) is 209 Å². The fraction of sp³-hybridized carbons (Fsp3) is 0.132. The van der Waals surface area contributed by atoms with Gasteiger partial charge in [0.15, 0.2) is 0 Å². The molecule has 8 aromatic carbocycles. The fourth-order valence-corrected chi connectivity index (χ4v) is 9.01. The quantitative estimate of drug-likeness (QED) is 0.177. The van der Waals surface area contributed by atoms with Gasteiger partial charge in [0.25, 0.3) is 0 Å². The third-order valence-electron chi connectivity index (χ3n) is 11.8. The lowest BCUT2D eigenvalue weighted by Gasteiger charge is -2.32. The van der Waals surface area contributed by atoms with E-state index in [0.29, 0.717) is 0 Å². The average molecular weight is 710 g/mol. The minimum Gasteiger partial charge on any atom is -0.456 e. The zero-order valence-electron chi connectivity index (χ0n) is 32.0. The first kappa shape index (κ1) is 33.2. The van der Waals surface area contributed by atoms with Crippen molar-refractivity contribution in [3.8, 4) is 33.4 Å². The molecule has 0 N–H and O–H groups in total. The Labute approximate surface area is 323 Å². The highest BCUT2D eigenvalue weighted by molar-refractivity contribution is 6.18. The molecule has 2 nitrogen and oxygen atoms in total. The van der Waals surface area contributed by atoms with Crippen molar-refractivity contribution in [1.82, 2.24) is 0 Å². The maximum Gasteiger partial charge on any atom is 0.136 e. The van der Waals surface area contributed by atoms with Gasteiger partial charge in [0.2, 0.25) is 0 Å². The number of para-hydroxylation sites is 1. The lowest BCUT2D eigenvalue weighted by molar-refractivity contribution is 0.590. The van der Waals surface area contributed by atoms with Gasteiger partial charge in [-0.3, -0.25) is 0 Å². The number of anilines is 3. The molecule has 0 unspecified atom stereocenters. The van der Waals surface area contributed by atoms with Gasteiger partial charge in [-0.05, 0) is 97.6 Å². The summed E-state index contributed by atoms with van der Waals surface area (Å²) in [5.74, 6) is 0. The van der Waals surface area contributed by atoms with Gasteiger partial charge >= 0.3 is 0 Å². The number of hydrogen-bond acceptors (Lipinski definition) is 2. The van der Waals surface area contributed by atoms with Crippen LogP contribution in [0.5, 0.6) is 0 Å². The molecular weight excluding hydrogens is 667 g/mol. The predicted molar refractivity (Wildman–Crippen MR) is 233 cm³/mol. The van der Waals surface area contributed by atoms with Crippen LogP contribution in [0.3, 0.4) is 0 Å². The van der Waals surface area contributed by atoms with E-state index in [1.807, 2.05) is 0 Å². The topological polar surface area (TPSA) is 16.4 Å². The molecule has 0 fully saturated rings. The van der Waals surface area contributed by atoms with Crippen molar-refractivity contribution in [2.24, 2.45) is 0 Å². The highest BCUT2D eigenvalue weighted by Gasteiger charge is 2.36. The Morgan fingerprint density at radius 2 is 1.16 bits per heavy atom. The molecule has 0 atom stereocenters. The highest BCUT2D eigenvalue weighted by atomic mass is 16.3.